The Morgan fingerprint density at radius 1 is 1.04 bits per heavy atom. The molecule has 27 heavy (non-hydrogen) atoms. The van der Waals surface area contributed by atoms with Gasteiger partial charge in [0.15, 0.2) is 0 Å². The molecule has 2 aromatic carbocycles. The zero-order chi connectivity index (χ0) is 19.6. The third-order valence-corrected chi connectivity index (χ3v) is 4.48. The molecule has 0 fully saturated rings. The number of nitrogens with zero attached hydrogens (tertiary/aromatic N) is 1. The molecule has 1 atom stereocenters. The van der Waals surface area contributed by atoms with Gasteiger partial charge in [-0.3, -0.25) is 4.79 Å². The molecule has 7 heteroatoms. The maximum Gasteiger partial charge on any atom is 0.338 e. The molecule has 1 amide bonds. The largest absolute Gasteiger partial charge is 0.497 e. The first-order valence-corrected chi connectivity index (χ1v) is 8.21. The average Bonchev–Trinajstić information content (AvgIpc) is 3.05. The fourth-order valence-electron chi connectivity index (χ4n) is 3.23. The molecule has 1 heterocycles. The van der Waals surface area contributed by atoms with Crippen molar-refractivity contribution in [1.29, 1.82) is 0 Å². The molecule has 0 bridgehead atoms. The van der Waals surface area contributed by atoms with E-state index in [1.807, 2.05) is 6.07 Å². The Kier molecular flexibility index (Phi) is 5.03. The van der Waals surface area contributed by atoms with E-state index in [4.69, 9.17) is 20.0 Å². The van der Waals surface area contributed by atoms with E-state index >= 15 is 0 Å². The summed E-state index contributed by atoms with van der Waals surface area (Å²) in [5, 5.41) is 0.736. The molecule has 0 aliphatic rings. The Morgan fingerprint density at radius 2 is 1.78 bits per heavy atom. The standard InChI is InChI=1S/C20H20N2O5/c1-25-12-8-9-17-15(10-12)16(11-22(17)27-3)18(19(21)23)13-6-4-5-7-14(13)20(24)26-2/h4-11,18H,1-3H3,(H2,21,23). The first kappa shape index (κ1) is 18.3. The van der Waals surface area contributed by atoms with Gasteiger partial charge >= 0.3 is 5.97 Å². The van der Waals surface area contributed by atoms with Crippen LogP contribution in [0.3, 0.4) is 0 Å². The van der Waals surface area contributed by atoms with Crippen molar-refractivity contribution < 1.29 is 23.9 Å². The van der Waals surface area contributed by atoms with E-state index < -0.39 is 17.8 Å². The van der Waals surface area contributed by atoms with Crippen LogP contribution in [0.2, 0.25) is 0 Å². The summed E-state index contributed by atoms with van der Waals surface area (Å²) in [7, 11) is 4.38. The molecule has 2 N–H and O–H groups in total. The maximum absolute atomic E-state index is 12.4. The number of aromatic nitrogens is 1. The van der Waals surface area contributed by atoms with E-state index in [1.54, 1.807) is 54.4 Å². The van der Waals surface area contributed by atoms with Gasteiger partial charge in [-0.25, -0.2) is 4.79 Å². The highest BCUT2D eigenvalue weighted by Crippen LogP contribution is 2.35. The lowest BCUT2D eigenvalue weighted by Crippen LogP contribution is -2.24. The number of benzene rings is 2. The summed E-state index contributed by atoms with van der Waals surface area (Å²) in [6.07, 6.45) is 1.69. The Bertz CT molecular complexity index is 1010. The van der Waals surface area contributed by atoms with Gasteiger partial charge in [0.1, 0.15) is 12.9 Å². The van der Waals surface area contributed by atoms with Crippen molar-refractivity contribution in [3.8, 4) is 5.75 Å². The number of amides is 1. The van der Waals surface area contributed by atoms with Crippen molar-refractivity contribution in [3.05, 3.63) is 65.4 Å². The van der Waals surface area contributed by atoms with E-state index in [-0.39, 0.29) is 5.56 Å². The lowest BCUT2D eigenvalue weighted by Gasteiger charge is -2.16. The number of fused-ring (bicyclic) bond motifs is 1. The molecule has 0 radical (unpaired) electrons. The number of carbonyl (C=O) groups excluding carboxylic acids is 2. The van der Waals surface area contributed by atoms with Crippen molar-refractivity contribution in [1.82, 2.24) is 4.73 Å². The zero-order valence-corrected chi connectivity index (χ0v) is 15.3. The van der Waals surface area contributed by atoms with Gasteiger partial charge < -0.3 is 20.0 Å². The van der Waals surface area contributed by atoms with Gasteiger partial charge in [0.2, 0.25) is 5.91 Å². The molecular weight excluding hydrogens is 348 g/mol. The van der Waals surface area contributed by atoms with Gasteiger partial charge in [-0.1, -0.05) is 18.2 Å². The Morgan fingerprint density at radius 3 is 2.41 bits per heavy atom. The molecule has 1 aromatic heterocycles. The Labute approximate surface area is 156 Å². The van der Waals surface area contributed by atoms with Crippen LogP contribution in [0, 0.1) is 0 Å². The molecule has 0 saturated heterocycles. The van der Waals surface area contributed by atoms with Crippen molar-refractivity contribution in [2.24, 2.45) is 5.73 Å². The fourth-order valence-corrected chi connectivity index (χ4v) is 3.23. The van der Waals surface area contributed by atoms with E-state index in [1.165, 1.54) is 14.2 Å². The quantitative estimate of drug-likeness (QED) is 0.673. The predicted octanol–water partition coefficient (Wildman–Crippen LogP) is 2.11. The van der Waals surface area contributed by atoms with Crippen LogP contribution in [0.4, 0.5) is 0 Å². The topological polar surface area (TPSA) is 92.8 Å². The second kappa shape index (κ2) is 7.41. The first-order valence-electron chi connectivity index (χ1n) is 8.21. The van der Waals surface area contributed by atoms with Gasteiger partial charge in [-0.05, 0) is 35.4 Å². The highest BCUT2D eigenvalue weighted by molar-refractivity contribution is 5.98. The summed E-state index contributed by atoms with van der Waals surface area (Å²) in [5.41, 5.74) is 7.85. The lowest BCUT2D eigenvalue weighted by atomic mass is 9.87. The van der Waals surface area contributed by atoms with Crippen LogP contribution in [-0.2, 0) is 9.53 Å². The Hall–Kier alpha value is -3.48. The van der Waals surface area contributed by atoms with Gasteiger partial charge in [-0.15, -0.1) is 0 Å². The van der Waals surface area contributed by atoms with Crippen LogP contribution in [0.1, 0.15) is 27.4 Å². The molecule has 0 aliphatic carbocycles. The minimum atomic E-state index is -0.869. The van der Waals surface area contributed by atoms with Crippen LogP contribution in [-0.4, -0.2) is 37.9 Å². The number of ether oxygens (including phenoxy) is 2. The zero-order valence-electron chi connectivity index (χ0n) is 15.3. The summed E-state index contributed by atoms with van der Waals surface area (Å²) in [6.45, 7) is 0. The van der Waals surface area contributed by atoms with Crippen molar-refractivity contribution in [3.63, 3.8) is 0 Å². The van der Waals surface area contributed by atoms with E-state index in [2.05, 4.69) is 0 Å². The number of carbonyl (C=O) groups is 2. The van der Waals surface area contributed by atoms with Crippen LogP contribution in [0.15, 0.2) is 48.7 Å². The summed E-state index contributed by atoms with van der Waals surface area (Å²) in [5.74, 6) is -1.37. The van der Waals surface area contributed by atoms with E-state index in [0.717, 1.165) is 10.9 Å². The SMILES string of the molecule is COC(=O)c1ccccc1C(C(N)=O)c1cn(OC)c2ccc(OC)cc12. The number of esters is 1. The number of hydrogen-bond acceptors (Lipinski definition) is 5. The maximum atomic E-state index is 12.4. The smallest absolute Gasteiger partial charge is 0.338 e. The molecule has 3 aromatic rings. The van der Waals surface area contributed by atoms with Crippen molar-refractivity contribution in [2.45, 2.75) is 5.92 Å². The second-order valence-corrected chi connectivity index (χ2v) is 5.89. The summed E-state index contributed by atoms with van der Waals surface area (Å²) < 4.78 is 11.7. The Balaban J connectivity index is 2.29. The van der Waals surface area contributed by atoms with Crippen LogP contribution in [0.25, 0.3) is 10.9 Å². The second-order valence-electron chi connectivity index (χ2n) is 5.89. The number of nitrogens with two attached hydrogens (primary N) is 1. The highest BCUT2D eigenvalue weighted by atomic mass is 16.6. The van der Waals surface area contributed by atoms with Crippen LogP contribution >= 0.6 is 0 Å². The monoisotopic (exact) mass is 368 g/mol. The van der Waals surface area contributed by atoms with Crippen molar-refractivity contribution in [2.75, 3.05) is 21.3 Å². The molecular formula is C20H20N2O5. The first-order chi connectivity index (χ1) is 13.0. The predicted molar refractivity (Wildman–Crippen MR) is 99.8 cm³/mol. The number of methoxy groups -OCH3 is 2. The molecule has 0 saturated carbocycles. The molecule has 140 valence electrons. The molecule has 3 rings (SSSR count). The van der Waals surface area contributed by atoms with Gasteiger partial charge in [0.25, 0.3) is 0 Å². The third-order valence-electron chi connectivity index (χ3n) is 4.48. The summed E-state index contributed by atoms with van der Waals surface area (Å²) in [4.78, 5) is 30.0. The van der Waals surface area contributed by atoms with Crippen LogP contribution in [0.5, 0.6) is 5.75 Å². The fraction of sp³-hybridized carbons (Fsp3) is 0.200. The number of hydrogen-bond donors (Lipinski definition) is 1. The van der Waals surface area contributed by atoms with E-state index in [0.29, 0.717) is 16.9 Å². The molecule has 0 aliphatic heterocycles. The number of primary amides is 1. The number of rotatable bonds is 6. The minimum Gasteiger partial charge on any atom is -0.497 e. The average molecular weight is 368 g/mol. The summed E-state index contributed by atoms with van der Waals surface area (Å²) >= 11 is 0. The lowest BCUT2D eigenvalue weighted by molar-refractivity contribution is -0.118. The van der Waals surface area contributed by atoms with Gasteiger partial charge in [0, 0.05) is 11.6 Å². The minimum absolute atomic E-state index is 0.282. The normalized spacial score (nSPS) is 11.8. The summed E-state index contributed by atoms with van der Waals surface area (Å²) in [6, 6.07) is 12.2. The van der Waals surface area contributed by atoms with Gasteiger partial charge in [0.05, 0.1) is 31.2 Å². The third kappa shape index (κ3) is 3.19. The molecule has 1 unspecified atom stereocenters. The van der Waals surface area contributed by atoms with Crippen LogP contribution < -0.4 is 15.3 Å². The van der Waals surface area contributed by atoms with Gasteiger partial charge in [-0.2, -0.15) is 4.73 Å². The van der Waals surface area contributed by atoms with E-state index in [9.17, 15) is 9.59 Å². The van der Waals surface area contributed by atoms with Crippen molar-refractivity contribution >= 4 is 22.8 Å². The molecule has 0 spiro atoms. The molecule has 7 nitrogen and oxygen atoms in total. The highest BCUT2D eigenvalue weighted by Gasteiger charge is 2.29.